The highest BCUT2D eigenvalue weighted by atomic mass is 15.1. The molecule has 2 nitrogen and oxygen atoms in total. The van der Waals surface area contributed by atoms with Crippen molar-refractivity contribution >= 4 is 0 Å². The summed E-state index contributed by atoms with van der Waals surface area (Å²) in [6.07, 6.45) is 1.21. The van der Waals surface area contributed by atoms with E-state index in [1.165, 1.54) is 34.2 Å². The van der Waals surface area contributed by atoms with Gasteiger partial charge in [0, 0.05) is 37.0 Å². The molecule has 2 aliphatic rings. The van der Waals surface area contributed by atoms with Crippen molar-refractivity contribution in [1.82, 2.24) is 10.2 Å². The highest BCUT2D eigenvalue weighted by Crippen LogP contribution is 2.36. The first-order valence-corrected chi connectivity index (χ1v) is 12.3. The molecule has 0 radical (unpaired) electrons. The molecule has 31 heavy (non-hydrogen) atoms. The molecule has 1 atom stereocenters. The Kier molecular flexibility index (Phi) is 6.09. The average molecular weight is 419 g/mol. The van der Waals surface area contributed by atoms with Crippen LogP contribution in [0.4, 0.5) is 0 Å². The summed E-state index contributed by atoms with van der Waals surface area (Å²) in [5, 5.41) is 3.60. The minimum absolute atomic E-state index is 0.218. The number of hydrogen-bond donors (Lipinski definition) is 1. The molecule has 2 heteroatoms. The molecule has 0 fully saturated rings. The second-order valence-electron chi connectivity index (χ2n) is 11.8. The molecular weight excluding hydrogens is 376 g/mol. The Morgan fingerprint density at radius 2 is 1.52 bits per heavy atom. The van der Waals surface area contributed by atoms with Crippen LogP contribution < -0.4 is 5.32 Å². The molecule has 0 saturated heterocycles. The van der Waals surface area contributed by atoms with E-state index in [4.69, 9.17) is 0 Å². The average Bonchev–Trinajstić information content (AvgIpc) is 2.70. The summed E-state index contributed by atoms with van der Waals surface area (Å²) >= 11 is 0. The highest BCUT2D eigenvalue weighted by Gasteiger charge is 2.32. The predicted molar refractivity (Wildman–Crippen MR) is 133 cm³/mol. The van der Waals surface area contributed by atoms with Crippen molar-refractivity contribution in [2.45, 2.75) is 90.6 Å². The van der Waals surface area contributed by atoms with Gasteiger partial charge in [0.2, 0.25) is 0 Å². The summed E-state index contributed by atoms with van der Waals surface area (Å²) in [6.45, 7) is 22.0. The third-order valence-electron chi connectivity index (χ3n) is 7.73. The fraction of sp³-hybridized carbons (Fsp3) is 0.586. The van der Waals surface area contributed by atoms with Gasteiger partial charge in [-0.25, -0.2) is 0 Å². The van der Waals surface area contributed by atoms with E-state index >= 15 is 0 Å². The summed E-state index contributed by atoms with van der Waals surface area (Å²) in [6, 6.07) is 14.5. The molecule has 4 rings (SSSR count). The van der Waals surface area contributed by atoms with Gasteiger partial charge in [0.15, 0.2) is 0 Å². The maximum Gasteiger partial charge on any atom is 0.0237 e. The molecule has 0 amide bonds. The van der Waals surface area contributed by atoms with Gasteiger partial charge in [-0.05, 0) is 58.2 Å². The number of nitrogens with zero attached hydrogens (tertiary/aromatic N) is 1. The van der Waals surface area contributed by atoms with Gasteiger partial charge in [0.1, 0.15) is 0 Å². The van der Waals surface area contributed by atoms with Gasteiger partial charge in [0.25, 0.3) is 0 Å². The van der Waals surface area contributed by atoms with Crippen LogP contribution in [0.2, 0.25) is 0 Å². The van der Waals surface area contributed by atoms with Gasteiger partial charge < -0.3 is 5.32 Å². The summed E-state index contributed by atoms with van der Waals surface area (Å²) in [5.74, 6) is 1.18. The smallest absolute Gasteiger partial charge is 0.0237 e. The van der Waals surface area contributed by atoms with Gasteiger partial charge in [0.05, 0.1) is 0 Å². The first-order chi connectivity index (χ1) is 14.6. The second kappa shape index (κ2) is 8.37. The van der Waals surface area contributed by atoms with Crippen LogP contribution in [0.5, 0.6) is 0 Å². The maximum absolute atomic E-state index is 3.60. The minimum atomic E-state index is 0.218. The van der Waals surface area contributed by atoms with E-state index in [-0.39, 0.29) is 10.8 Å². The normalized spacial score (nSPS) is 20.9. The lowest BCUT2D eigenvalue weighted by Gasteiger charge is -2.40. The predicted octanol–water partition coefficient (Wildman–Crippen LogP) is 6.48. The number of fused-ring (bicyclic) bond motifs is 2. The Hall–Kier alpha value is -1.64. The topological polar surface area (TPSA) is 15.3 Å². The summed E-state index contributed by atoms with van der Waals surface area (Å²) in [5.41, 5.74) is 9.52. The molecule has 0 bridgehead atoms. The highest BCUT2D eigenvalue weighted by molar-refractivity contribution is 5.41. The van der Waals surface area contributed by atoms with Gasteiger partial charge in [-0.2, -0.15) is 0 Å². The van der Waals surface area contributed by atoms with Crippen LogP contribution in [-0.2, 0) is 23.9 Å². The molecular formula is C29H42N2. The fourth-order valence-corrected chi connectivity index (χ4v) is 5.74. The van der Waals surface area contributed by atoms with Crippen molar-refractivity contribution in [2.24, 2.45) is 0 Å². The Bertz CT molecular complexity index is 938. The lowest BCUT2D eigenvalue weighted by Crippen LogP contribution is -2.42. The van der Waals surface area contributed by atoms with Gasteiger partial charge in [-0.15, -0.1) is 0 Å². The third kappa shape index (κ3) is 4.61. The zero-order valence-corrected chi connectivity index (χ0v) is 20.8. The summed E-state index contributed by atoms with van der Waals surface area (Å²) in [7, 11) is 0. The molecule has 2 aliphatic heterocycles. The molecule has 1 unspecified atom stereocenters. The molecule has 2 aromatic rings. The largest absolute Gasteiger partial charge is 0.312 e. The van der Waals surface area contributed by atoms with Gasteiger partial charge in [-0.1, -0.05) is 84.9 Å². The zero-order valence-electron chi connectivity index (χ0n) is 20.8. The Morgan fingerprint density at radius 3 is 2.23 bits per heavy atom. The van der Waals surface area contributed by atoms with Crippen molar-refractivity contribution in [3.8, 4) is 0 Å². The number of rotatable bonds is 5. The fourth-order valence-electron chi connectivity index (χ4n) is 5.74. The van der Waals surface area contributed by atoms with E-state index in [0.717, 1.165) is 32.7 Å². The monoisotopic (exact) mass is 418 g/mol. The molecule has 168 valence electrons. The maximum atomic E-state index is 3.60. The Labute approximate surface area is 190 Å². The summed E-state index contributed by atoms with van der Waals surface area (Å²) < 4.78 is 0. The van der Waals surface area contributed by atoms with Crippen molar-refractivity contribution in [3.63, 3.8) is 0 Å². The standard InChI is InChI=1S/C29H42N2/c1-20(2)22-8-10-27-25(14-22)17-31(19-29(27,6)7)13-12-21(3)23-9-11-26-24(15-23)16-30-18-28(26,4)5/h8-11,14-15,20-21,30H,12-13,16-19H2,1-7H3. The molecule has 2 heterocycles. The zero-order chi connectivity index (χ0) is 22.4. The Balaban J connectivity index is 1.45. The molecule has 0 aliphatic carbocycles. The lowest BCUT2D eigenvalue weighted by molar-refractivity contribution is 0.188. The van der Waals surface area contributed by atoms with Crippen molar-refractivity contribution in [3.05, 3.63) is 69.8 Å². The van der Waals surface area contributed by atoms with E-state index in [1.807, 2.05) is 0 Å². The number of benzene rings is 2. The van der Waals surface area contributed by atoms with Crippen molar-refractivity contribution in [2.75, 3.05) is 19.6 Å². The molecule has 0 spiro atoms. The van der Waals surface area contributed by atoms with Crippen LogP contribution >= 0.6 is 0 Å². The van der Waals surface area contributed by atoms with Gasteiger partial charge in [-0.3, -0.25) is 4.90 Å². The van der Waals surface area contributed by atoms with Crippen LogP contribution in [-0.4, -0.2) is 24.5 Å². The van der Waals surface area contributed by atoms with E-state index in [2.05, 4.69) is 95.1 Å². The van der Waals surface area contributed by atoms with E-state index in [0.29, 0.717) is 11.8 Å². The summed E-state index contributed by atoms with van der Waals surface area (Å²) in [4.78, 5) is 2.69. The van der Waals surface area contributed by atoms with Crippen LogP contribution in [0.3, 0.4) is 0 Å². The van der Waals surface area contributed by atoms with Crippen molar-refractivity contribution in [1.29, 1.82) is 0 Å². The quantitative estimate of drug-likeness (QED) is 0.598. The number of hydrogen-bond acceptors (Lipinski definition) is 2. The SMILES string of the molecule is CC(C)c1ccc2c(c1)CN(CCC(C)c1ccc3c(c1)CNCC3(C)C)CC2(C)C. The first-order valence-electron chi connectivity index (χ1n) is 12.3. The second-order valence-corrected chi connectivity index (χ2v) is 11.8. The van der Waals surface area contributed by atoms with Gasteiger partial charge >= 0.3 is 0 Å². The van der Waals surface area contributed by atoms with E-state index in [9.17, 15) is 0 Å². The van der Waals surface area contributed by atoms with Crippen LogP contribution in [0.1, 0.15) is 100 Å². The van der Waals surface area contributed by atoms with Crippen LogP contribution in [0.25, 0.3) is 0 Å². The molecule has 1 N–H and O–H groups in total. The van der Waals surface area contributed by atoms with Crippen LogP contribution in [0.15, 0.2) is 36.4 Å². The van der Waals surface area contributed by atoms with Crippen molar-refractivity contribution < 1.29 is 0 Å². The Morgan fingerprint density at radius 1 is 0.871 bits per heavy atom. The van der Waals surface area contributed by atoms with E-state index < -0.39 is 0 Å². The molecule has 0 aromatic heterocycles. The third-order valence-corrected chi connectivity index (χ3v) is 7.73. The molecule has 2 aromatic carbocycles. The lowest BCUT2D eigenvalue weighted by atomic mass is 9.77. The first kappa shape index (κ1) is 22.6. The minimum Gasteiger partial charge on any atom is -0.312 e. The molecule has 0 saturated carbocycles. The number of nitrogens with one attached hydrogen (secondary N) is 1. The van der Waals surface area contributed by atoms with E-state index in [1.54, 1.807) is 5.56 Å². The van der Waals surface area contributed by atoms with Crippen LogP contribution in [0, 0.1) is 0 Å².